The Bertz CT molecular complexity index is 1100. The summed E-state index contributed by atoms with van der Waals surface area (Å²) < 4.78 is 1.61. The highest BCUT2D eigenvalue weighted by atomic mass is 32.1. The lowest BCUT2D eigenvalue weighted by Crippen LogP contribution is -2.37. The van der Waals surface area contributed by atoms with Crippen LogP contribution < -0.4 is 0 Å². The average molecular weight is 439 g/mol. The zero-order valence-corrected chi connectivity index (χ0v) is 18.7. The minimum Gasteiger partial charge on any atom is -0.492 e. The van der Waals surface area contributed by atoms with Gasteiger partial charge in [-0.3, -0.25) is 4.90 Å². The third-order valence-electron chi connectivity index (χ3n) is 6.00. The van der Waals surface area contributed by atoms with Crippen LogP contribution >= 0.6 is 22.7 Å². The summed E-state index contributed by atoms with van der Waals surface area (Å²) in [5.41, 5.74) is 1.43. The predicted octanol–water partition coefficient (Wildman–Crippen LogP) is 5.16. The smallest absolute Gasteiger partial charge is 0.230 e. The molecule has 1 aliphatic rings. The van der Waals surface area contributed by atoms with Gasteiger partial charge < -0.3 is 5.11 Å². The van der Waals surface area contributed by atoms with Gasteiger partial charge in [-0.2, -0.15) is 4.52 Å². The Morgan fingerprint density at radius 3 is 2.60 bits per heavy atom. The molecular formula is C23H26N4OS2. The van der Waals surface area contributed by atoms with E-state index < -0.39 is 0 Å². The summed E-state index contributed by atoms with van der Waals surface area (Å²) in [5.74, 6) is 1.74. The summed E-state index contributed by atoms with van der Waals surface area (Å²) in [5, 5.41) is 17.6. The topological polar surface area (TPSA) is 53.7 Å². The van der Waals surface area contributed by atoms with Crippen LogP contribution in [0.15, 0.2) is 47.8 Å². The first kappa shape index (κ1) is 19.7. The third kappa shape index (κ3) is 3.77. The monoisotopic (exact) mass is 438 g/mol. The molecule has 5 rings (SSSR count). The summed E-state index contributed by atoms with van der Waals surface area (Å²) in [4.78, 5) is 10.1. The van der Waals surface area contributed by atoms with Crippen molar-refractivity contribution in [2.45, 2.75) is 38.6 Å². The summed E-state index contributed by atoms with van der Waals surface area (Å²) in [6.45, 7) is 4.10. The molecule has 1 unspecified atom stereocenters. The molecule has 1 atom stereocenters. The second kappa shape index (κ2) is 8.49. The first-order valence-electron chi connectivity index (χ1n) is 10.6. The van der Waals surface area contributed by atoms with Crippen molar-refractivity contribution in [3.05, 3.63) is 69.0 Å². The summed E-state index contributed by atoms with van der Waals surface area (Å²) in [6.07, 6.45) is 4.28. The zero-order valence-electron chi connectivity index (χ0n) is 17.1. The van der Waals surface area contributed by atoms with Crippen molar-refractivity contribution in [1.82, 2.24) is 19.5 Å². The molecule has 3 aromatic heterocycles. The number of aromatic nitrogens is 3. The number of rotatable bonds is 6. The Morgan fingerprint density at radius 2 is 1.93 bits per heavy atom. The number of hydrogen-bond acceptors (Lipinski definition) is 6. The maximum atomic E-state index is 11.0. The third-order valence-corrected chi connectivity index (χ3v) is 8.00. The lowest BCUT2D eigenvalue weighted by atomic mass is 9.89. The Morgan fingerprint density at radius 1 is 1.13 bits per heavy atom. The highest BCUT2D eigenvalue weighted by molar-refractivity contribution is 7.17. The SMILES string of the molecule is CCc1nc2sc(C(c3cccs3)N3CCC(Cc4ccccc4)CC3)c(O)n2n1. The largest absolute Gasteiger partial charge is 0.492 e. The fraction of sp³-hybridized carbons (Fsp3) is 0.391. The Labute approximate surface area is 184 Å². The molecule has 30 heavy (non-hydrogen) atoms. The van der Waals surface area contributed by atoms with Crippen LogP contribution in [-0.4, -0.2) is 37.7 Å². The maximum Gasteiger partial charge on any atom is 0.230 e. The van der Waals surface area contributed by atoms with Crippen LogP contribution in [0.5, 0.6) is 5.88 Å². The van der Waals surface area contributed by atoms with Crippen LogP contribution in [0.3, 0.4) is 0 Å². The molecule has 7 heteroatoms. The van der Waals surface area contributed by atoms with E-state index in [2.05, 4.69) is 62.8 Å². The molecular weight excluding hydrogens is 412 g/mol. The van der Waals surface area contributed by atoms with Crippen LogP contribution in [0.1, 0.15) is 46.9 Å². The molecule has 156 valence electrons. The molecule has 5 nitrogen and oxygen atoms in total. The van der Waals surface area contributed by atoms with Gasteiger partial charge in [-0.05, 0) is 55.3 Å². The minimum absolute atomic E-state index is 0.0706. The first-order chi connectivity index (χ1) is 14.7. The van der Waals surface area contributed by atoms with E-state index in [0.717, 1.165) is 47.5 Å². The fourth-order valence-electron chi connectivity index (χ4n) is 4.40. The van der Waals surface area contributed by atoms with E-state index in [1.54, 1.807) is 27.2 Å². The van der Waals surface area contributed by atoms with Crippen LogP contribution in [0, 0.1) is 5.92 Å². The first-order valence-corrected chi connectivity index (χ1v) is 12.3. The van der Waals surface area contributed by atoms with Gasteiger partial charge in [0.05, 0.1) is 10.9 Å². The van der Waals surface area contributed by atoms with Gasteiger partial charge in [-0.25, -0.2) is 4.98 Å². The Balaban J connectivity index is 1.38. The molecule has 0 saturated carbocycles. The molecule has 1 saturated heterocycles. The molecule has 4 heterocycles. The predicted molar refractivity (Wildman–Crippen MR) is 123 cm³/mol. The lowest BCUT2D eigenvalue weighted by molar-refractivity contribution is 0.152. The molecule has 4 aromatic rings. The number of aryl methyl sites for hydroxylation is 1. The van der Waals surface area contributed by atoms with Crippen LogP contribution in [-0.2, 0) is 12.8 Å². The van der Waals surface area contributed by atoms with Crippen molar-refractivity contribution in [2.24, 2.45) is 5.92 Å². The number of likely N-dealkylation sites (tertiary alicyclic amines) is 1. The molecule has 1 N–H and O–H groups in total. The molecule has 0 aliphatic carbocycles. The van der Waals surface area contributed by atoms with Crippen LogP contribution in [0.4, 0.5) is 0 Å². The van der Waals surface area contributed by atoms with Gasteiger partial charge in [-0.1, -0.05) is 54.7 Å². The molecule has 0 spiro atoms. The van der Waals surface area contributed by atoms with Crippen LogP contribution in [0.2, 0.25) is 0 Å². The second-order valence-corrected chi connectivity index (χ2v) is 9.94. The molecule has 1 fully saturated rings. The van der Waals surface area contributed by atoms with E-state index in [0.29, 0.717) is 0 Å². The number of aromatic hydroxyl groups is 1. The lowest BCUT2D eigenvalue weighted by Gasteiger charge is -2.37. The molecule has 1 aromatic carbocycles. The Hall–Kier alpha value is -2.22. The van der Waals surface area contributed by atoms with E-state index in [1.165, 1.54) is 23.3 Å². The number of benzene rings is 1. The number of piperidine rings is 1. The van der Waals surface area contributed by atoms with Gasteiger partial charge in [0.2, 0.25) is 10.8 Å². The van der Waals surface area contributed by atoms with Gasteiger partial charge in [0.1, 0.15) is 0 Å². The molecule has 1 aliphatic heterocycles. The molecule has 0 bridgehead atoms. The van der Waals surface area contributed by atoms with Gasteiger partial charge in [-0.15, -0.1) is 16.4 Å². The molecule has 0 radical (unpaired) electrons. The quantitative estimate of drug-likeness (QED) is 0.452. The normalized spacial score (nSPS) is 17.0. The van der Waals surface area contributed by atoms with Crippen molar-refractivity contribution < 1.29 is 5.11 Å². The van der Waals surface area contributed by atoms with Crippen LogP contribution in [0.25, 0.3) is 4.96 Å². The average Bonchev–Trinajstić information content (AvgIpc) is 3.50. The summed E-state index contributed by atoms with van der Waals surface area (Å²) in [6, 6.07) is 15.2. The molecule has 0 amide bonds. The van der Waals surface area contributed by atoms with Gasteiger partial charge in [0.25, 0.3) is 0 Å². The number of hydrogen-bond donors (Lipinski definition) is 1. The standard InChI is InChI=1S/C23H26N4OS2/c1-2-19-24-23-27(25-19)22(28)21(30-23)20(18-9-6-14-29-18)26-12-10-17(11-13-26)15-16-7-4-3-5-8-16/h3-9,14,17,20,28H,2,10-13,15H2,1H3. The Kier molecular flexibility index (Phi) is 5.58. The second-order valence-electron chi connectivity index (χ2n) is 7.95. The highest BCUT2D eigenvalue weighted by Gasteiger charge is 2.32. The van der Waals surface area contributed by atoms with Crippen molar-refractivity contribution in [3.8, 4) is 5.88 Å². The van der Waals surface area contributed by atoms with E-state index in [9.17, 15) is 5.11 Å². The van der Waals surface area contributed by atoms with Gasteiger partial charge in [0.15, 0.2) is 5.82 Å². The van der Waals surface area contributed by atoms with E-state index in [1.807, 2.05) is 6.92 Å². The van der Waals surface area contributed by atoms with E-state index in [-0.39, 0.29) is 11.9 Å². The van der Waals surface area contributed by atoms with Crippen molar-refractivity contribution in [3.63, 3.8) is 0 Å². The number of fused-ring (bicyclic) bond motifs is 1. The zero-order chi connectivity index (χ0) is 20.5. The summed E-state index contributed by atoms with van der Waals surface area (Å²) >= 11 is 3.32. The maximum absolute atomic E-state index is 11.0. The van der Waals surface area contributed by atoms with Gasteiger partial charge in [0, 0.05) is 11.3 Å². The van der Waals surface area contributed by atoms with E-state index in [4.69, 9.17) is 0 Å². The number of thiazole rings is 1. The van der Waals surface area contributed by atoms with Crippen molar-refractivity contribution in [2.75, 3.05) is 13.1 Å². The fourth-order valence-corrected chi connectivity index (χ4v) is 6.47. The van der Waals surface area contributed by atoms with Gasteiger partial charge >= 0.3 is 0 Å². The minimum atomic E-state index is 0.0706. The highest BCUT2D eigenvalue weighted by Crippen LogP contribution is 2.42. The number of thiophene rings is 1. The number of nitrogens with zero attached hydrogens (tertiary/aromatic N) is 4. The summed E-state index contributed by atoms with van der Waals surface area (Å²) in [7, 11) is 0. The van der Waals surface area contributed by atoms with Crippen molar-refractivity contribution >= 4 is 27.6 Å². The van der Waals surface area contributed by atoms with E-state index >= 15 is 0 Å². The van der Waals surface area contributed by atoms with Crippen molar-refractivity contribution in [1.29, 1.82) is 0 Å².